The van der Waals surface area contributed by atoms with Crippen molar-refractivity contribution in [3.05, 3.63) is 287 Å². The Balaban J connectivity index is 1.14. The van der Waals surface area contributed by atoms with Crippen LogP contribution >= 0.6 is 0 Å². The number of hydrogen-bond donors (Lipinski definition) is 8. The smallest absolute Gasteiger partial charge is 0.243 e. The second-order valence-electron chi connectivity index (χ2n) is 35.5. The first kappa shape index (κ1) is 110. The molecule has 0 saturated carbocycles. The number of nitrogens with zero attached hydrogens (tertiary/aromatic N) is 11. The van der Waals surface area contributed by atoms with Gasteiger partial charge in [-0.25, -0.2) is 0 Å². The summed E-state index contributed by atoms with van der Waals surface area (Å²) in [5.74, 6) is -7.99. The normalized spacial score (nSPS) is 12.8. The minimum absolute atomic E-state index is 0.0260. The van der Waals surface area contributed by atoms with Gasteiger partial charge in [0.25, 0.3) is 0 Å². The molecule has 0 radical (unpaired) electrons. The van der Waals surface area contributed by atoms with Crippen molar-refractivity contribution < 1.29 is 57.5 Å². The van der Waals surface area contributed by atoms with Crippen molar-refractivity contribution in [3.63, 3.8) is 0 Å². The second kappa shape index (κ2) is 57.8. The summed E-state index contributed by atoms with van der Waals surface area (Å²) in [4.78, 5) is 200. The van der Waals surface area contributed by atoms with Crippen LogP contribution in [0, 0.1) is 10.8 Å². The molecule has 0 heterocycles. The zero-order valence-corrected chi connectivity index (χ0v) is 82.6. The van der Waals surface area contributed by atoms with E-state index in [1.165, 1.54) is 53.9 Å². The van der Waals surface area contributed by atoms with E-state index in [9.17, 15) is 14.4 Å². The fraction of sp³-hybridized carbons (Fsp3) is 0.426. The summed E-state index contributed by atoms with van der Waals surface area (Å²) in [5.41, 5.74) is 22.6. The average Bonchev–Trinajstić information content (AvgIpc) is 0.817. The van der Waals surface area contributed by atoms with Crippen LogP contribution in [0.25, 0.3) is 0 Å². The number of amides is 12. The Morgan fingerprint density at radius 2 is 0.417 bits per heavy atom. The third kappa shape index (κ3) is 34.8. The molecule has 8 aromatic rings. The Bertz CT molecular complexity index is 5170. The van der Waals surface area contributed by atoms with E-state index in [4.69, 9.17) is 28.0 Å². The van der Waals surface area contributed by atoms with Gasteiger partial charge in [0.15, 0.2) is 11.9 Å². The van der Waals surface area contributed by atoms with Crippen LogP contribution < -0.4 is 33.2 Å². The van der Waals surface area contributed by atoms with Crippen molar-refractivity contribution >= 4 is 82.8 Å². The van der Waals surface area contributed by atoms with E-state index in [2.05, 4.69) is 22.9 Å². The summed E-state index contributed by atoms with van der Waals surface area (Å²) >= 11 is 0. The van der Waals surface area contributed by atoms with Crippen LogP contribution in [0.4, 0.5) is 0 Å². The summed E-state index contributed by atoms with van der Waals surface area (Å²) < 4.78 is 0. The van der Waals surface area contributed by atoms with Crippen molar-refractivity contribution in [2.24, 2.45) is 17.2 Å². The molecule has 8 rings (SSSR count). The molecule has 8 atom stereocenters. The quantitative estimate of drug-likeness (QED) is 0.00997. The lowest BCUT2D eigenvalue weighted by Crippen LogP contribution is -2.54. The zero-order valence-electron chi connectivity index (χ0n) is 82.6. The molecule has 0 aliphatic heterocycles. The Kier molecular flexibility index (Phi) is 45.8. The topological polar surface area (TPSA) is 402 Å². The Labute approximate surface area is 820 Å². The van der Waals surface area contributed by atoms with E-state index < -0.39 is 185 Å². The van der Waals surface area contributed by atoms with Gasteiger partial charge in [0.05, 0.1) is 81.1 Å². The fourth-order valence-electron chi connectivity index (χ4n) is 17.0. The van der Waals surface area contributed by atoms with Crippen LogP contribution in [-0.2, 0) is 57.5 Å². The highest BCUT2D eigenvalue weighted by Crippen LogP contribution is 2.32. The number of unbranched alkanes of at least 4 members (excludes halogenated alkanes) is 6. The number of nitrogens with two attached hydrogens (primary N) is 3. The van der Waals surface area contributed by atoms with Crippen LogP contribution in [0.5, 0.6) is 0 Å². The summed E-state index contributed by atoms with van der Waals surface area (Å²) in [6.45, 7) is 13.0. The minimum Gasteiger partial charge on any atom is -0.370 e. The SMILES string of the molecule is CCCCCNCC(=O)N(CC(=O)N(CC(=O)N(CCCCNC(=N)N)CC(=O)N(CC(=O)N(CC(=O)N(CCCCC)CC(=O)N(CC(=O)N(CC(=O)N(CCCCNC(=N)N)CC(=O)N(CC(=O)N(CC(N)=O)[C@@H](C)c1ccccc1)[C@@H](C)c1ccccc1)[C@@H](C)c1ccccc1)[C@@H](C)c1ccccc1)[C@@H](C)c1ccccc1)[C@@H](C)c1ccccc1)[C@@H](C)c1ccccc1)[C@@H](C)c1ccccc1. The maximum atomic E-state index is 16.2. The highest BCUT2D eigenvalue weighted by atomic mass is 16.2. The monoisotopic (exact) mass is 1900 g/mol. The number of rotatable bonds is 58. The van der Waals surface area contributed by atoms with Crippen LogP contribution in [0.1, 0.15) is 226 Å². The number of primary amides is 1. The summed E-state index contributed by atoms with van der Waals surface area (Å²) in [6.07, 6.45) is 5.91. The molecule has 0 bridgehead atoms. The van der Waals surface area contributed by atoms with Crippen LogP contribution in [0.15, 0.2) is 243 Å². The van der Waals surface area contributed by atoms with Gasteiger partial charge in [-0.05, 0) is 145 Å². The molecule has 8 aromatic carbocycles. The van der Waals surface area contributed by atoms with Crippen LogP contribution in [0.3, 0.4) is 0 Å². The highest BCUT2D eigenvalue weighted by Gasteiger charge is 2.40. The fourth-order valence-corrected chi connectivity index (χ4v) is 17.0. The predicted octanol–water partition coefficient (Wildman–Crippen LogP) is 12.2. The first-order valence-electron chi connectivity index (χ1n) is 48.6. The van der Waals surface area contributed by atoms with E-state index in [-0.39, 0.29) is 63.5 Å². The summed E-state index contributed by atoms with van der Waals surface area (Å²) in [7, 11) is 0. The lowest BCUT2D eigenvalue weighted by molar-refractivity contribution is -0.152. The van der Waals surface area contributed by atoms with E-state index >= 15 is 43.2 Å². The molecule has 0 unspecified atom stereocenters. The van der Waals surface area contributed by atoms with Crippen molar-refractivity contribution in [1.82, 2.24) is 69.8 Å². The highest BCUT2D eigenvalue weighted by molar-refractivity contribution is 5.96. The summed E-state index contributed by atoms with van der Waals surface area (Å²) in [5, 5.41) is 24.6. The molecule has 0 aromatic heterocycles. The number of carbonyl (C=O) groups is 12. The van der Waals surface area contributed by atoms with Gasteiger partial charge in [-0.2, -0.15) is 0 Å². The van der Waals surface area contributed by atoms with Crippen molar-refractivity contribution in [2.45, 2.75) is 182 Å². The van der Waals surface area contributed by atoms with Gasteiger partial charge >= 0.3 is 0 Å². The van der Waals surface area contributed by atoms with E-state index in [1.807, 2.05) is 172 Å². The molecular weight excluding hydrogens is 1760 g/mol. The van der Waals surface area contributed by atoms with Gasteiger partial charge in [0, 0.05) is 32.7 Å². The lowest BCUT2D eigenvalue weighted by atomic mass is 10.0. The number of carbonyl (C=O) groups excluding carboxylic acids is 12. The molecule has 0 saturated heterocycles. The molecule has 11 N–H and O–H groups in total. The molecular formula is C108H145N19O12. The average molecular weight is 1900 g/mol. The first-order valence-corrected chi connectivity index (χ1v) is 48.6. The molecule has 744 valence electrons. The largest absolute Gasteiger partial charge is 0.370 e. The third-order valence-electron chi connectivity index (χ3n) is 25.7. The van der Waals surface area contributed by atoms with E-state index in [1.54, 1.807) is 133 Å². The molecule has 31 nitrogen and oxygen atoms in total. The molecule has 0 aliphatic carbocycles. The van der Waals surface area contributed by atoms with Crippen molar-refractivity contribution in [1.29, 1.82) is 10.8 Å². The Hall–Kier alpha value is -14.1. The van der Waals surface area contributed by atoms with Gasteiger partial charge in [0.1, 0.15) is 45.8 Å². The van der Waals surface area contributed by atoms with Gasteiger partial charge < -0.3 is 87.1 Å². The zero-order chi connectivity index (χ0) is 101. The number of hydrogen-bond acceptors (Lipinski definition) is 15. The third-order valence-corrected chi connectivity index (χ3v) is 25.7. The second-order valence-corrected chi connectivity index (χ2v) is 35.5. The van der Waals surface area contributed by atoms with Crippen LogP contribution in [0.2, 0.25) is 0 Å². The van der Waals surface area contributed by atoms with Gasteiger partial charge in [-0.3, -0.25) is 68.4 Å². The Morgan fingerprint density at radius 3 is 0.626 bits per heavy atom. The van der Waals surface area contributed by atoms with Gasteiger partial charge in [0.2, 0.25) is 70.9 Å². The molecule has 12 amide bonds. The molecule has 0 fully saturated rings. The molecule has 139 heavy (non-hydrogen) atoms. The Morgan fingerprint density at radius 1 is 0.237 bits per heavy atom. The number of guanidine groups is 2. The predicted molar refractivity (Wildman–Crippen MR) is 542 cm³/mol. The molecule has 0 aliphatic rings. The lowest BCUT2D eigenvalue weighted by Gasteiger charge is -2.38. The number of benzene rings is 8. The maximum absolute atomic E-state index is 16.2. The first-order chi connectivity index (χ1) is 66.8. The van der Waals surface area contributed by atoms with Gasteiger partial charge in [-0.1, -0.05) is 282 Å². The molecule has 0 spiro atoms. The van der Waals surface area contributed by atoms with Crippen LogP contribution in [-0.4, -0.2) is 255 Å². The van der Waals surface area contributed by atoms with Crippen molar-refractivity contribution in [2.75, 3.05) is 118 Å². The maximum Gasteiger partial charge on any atom is 0.243 e. The van der Waals surface area contributed by atoms with Crippen molar-refractivity contribution in [3.8, 4) is 0 Å². The molecule has 31 heteroatoms. The van der Waals surface area contributed by atoms with E-state index in [0.717, 1.165) is 24.8 Å². The number of nitrogens with one attached hydrogen (secondary N) is 5. The summed E-state index contributed by atoms with van der Waals surface area (Å²) in [6, 6.07) is 66.6. The minimum atomic E-state index is -0.863. The standard InChI is InChI=1S/C108H145N19O12/c1-11-13-39-61-114-67-96(129)121(80(4)88-47-25-16-26-48-88)75-104(137)122(81(5)89-49-27-17-28-50-89)73-98(131)119(66-44-41-63-116-108(112)113)71-102(135)127(86(10)94-59-37-22-38-60-94)78-105(138)123(82(6)90-51-29-18-30-52-90)72-97(130)117(64-42-14-12-2)69-100(133)126(85(9)93-57-35-21-36-58-93)77-106(139)124(83(7)91-53-31-19-32-54-91)74-99(132)118(65-43-40-62-115-107(110)111)70-101(134)125(84(8)92-55-33-20-34-56-92)76-103(136)120(68-95(109)128)79(3)87-45-23-15-24-46-87/h15-38,45-60,79-86,114H,11-14,39-44,61-78H2,1-10H3,(H2,109,128)(H4,110,111,115)(H4,112,113,116)/t79-,80-,81-,82-,83-,84-,85-,86-/m0/s1. The van der Waals surface area contributed by atoms with E-state index in [0.29, 0.717) is 84.0 Å². The van der Waals surface area contributed by atoms with Gasteiger partial charge in [-0.15, -0.1) is 0 Å².